The van der Waals surface area contributed by atoms with Crippen molar-refractivity contribution < 1.29 is 13.2 Å². The van der Waals surface area contributed by atoms with E-state index in [4.69, 9.17) is 0 Å². The predicted molar refractivity (Wildman–Crippen MR) is 60.5 cm³/mol. The van der Waals surface area contributed by atoms with Gasteiger partial charge in [0, 0.05) is 12.4 Å². The van der Waals surface area contributed by atoms with Crippen molar-refractivity contribution in [1.82, 2.24) is 14.8 Å². The molecule has 0 saturated carbocycles. The van der Waals surface area contributed by atoms with Crippen LogP contribution in [-0.2, 0) is 6.18 Å². The maximum absolute atomic E-state index is 12.4. The molecule has 0 fully saturated rings. The molecule has 2 aromatic rings. The highest BCUT2D eigenvalue weighted by atomic mass is 19.4. The summed E-state index contributed by atoms with van der Waals surface area (Å²) in [4.78, 5) is 3.77. The third-order valence-corrected chi connectivity index (χ3v) is 2.58. The lowest BCUT2D eigenvalue weighted by Crippen LogP contribution is -2.06. The van der Waals surface area contributed by atoms with Crippen LogP contribution >= 0.6 is 0 Å². The highest BCUT2D eigenvalue weighted by Gasteiger charge is 2.30. The first-order valence-corrected chi connectivity index (χ1v) is 5.46. The van der Waals surface area contributed by atoms with Crippen molar-refractivity contribution in [2.24, 2.45) is 0 Å². The van der Waals surface area contributed by atoms with Crippen molar-refractivity contribution in [2.45, 2.75) is 25.9 Å². The second-order valence-electron chi connectivity index (χ2n) is 4.28. The van der Waals surface area contributed by atoms with Gasteiger partial charge in [0.1, 0.15) is 0 Å². The van der Waals surface area contributed by atoms with Gasteiger partial charge >= 0.3 is 6.18 Å². The fourth-order valence-electron chi connectivity index (χ4n) is 1.45. The minimum atomic E-state index is -4.36. The quantitative estimate of drug-likeness (QED) is 0.823. The average molecular weight is 255 g/mol. The fourth-order valence-corrected chi connectivity index (χ4v) is 1.45. The number of halogens is 3. The largest absolute Gasteiger partial charge is 0.417 e. The predicted octanol–water partition coefficient (Wildman–Crippen LogP) is 3.41. The van der Waals surface area contributed by atoms with E-state index in [1.165, 1.54) is 10.7 Å². The normalized spacial score (nSPS) is 12.1. The summed E-state index contributed by atoms with van der Waals surface area (Å²) < 4.78 is 38.6. The second kappa shape index (κ2) is 4.44. The van der Waals surface area contributed by atoms with Gasteiger partial charge in [0.15, 0.2) is 5.82 Å². The zero-order chi connectivity index (χ0) is 13.3. The van der Waals surface area contributed by atoms with Gasteiger partial charge in [0.25, 0.3) is 0 Å². The van der Waals surface area contributed by atoms with Crippen molar-refractivity contribution in [3.63, 3.8) is 0 Å². The van der Waals surface area contributed by atoms with E-state index < -0.39 is 11.7 Å². The minimum absolute atomic E-state index is 0.313. The first-order valence-electron chi connectivity index (χ1n) is 5.46. The van der Waals surface area contributed by atoms with Crippen LogP contribution in [0, 0.1) is 0 Å². The summed E-state index contributed by atoms with van der Waals surface area (Å²) in [5.41, 5.74) is 0.249. The lowest BCUT2D eigenvalue weighted by Gasteiger charge is -2.06. The molecule has 2 aromatic heterocycles. The number of rotatable bonds is 2. The Morgan fingerprint density at radius 3 is 2.33 bits per heavy atom. The highest BCUT2D eigenvalue weighted by Crippen LogP contribution is 2.28. The van der Waals surface area contributed by atoms with E-state index in [1.807, 2.05) is 13.8 Å². The Balaban J connectivity index is 2.29. The zero-order valence-corrected chi connectivity index (χ0v) is 9.94. The Morgan fingerprint density at radius 1 is 1.17 bits per heavy atom. The molecule has 0 amide bonds. The molecule has 6 heteroatoms. The highest BCUT2D eigenvalue weighted by molar-refractivity contribution is 5.27. The Labute approximate surface area is 102 Å². The van der Waals surface area contributed by atoms with E-state index in [-0.39, 0.29) is 0 Å². The summed E-state index contributed by atoms with van der Waals surface area (Å²) >= 11 is 0. The molecule has 0 bridgehead atoms. The first kappa shape index (κ1) is 12.6. The number of nitrogens with zero attached hydrogens (tertiary/aromatic N) is 3. The Kier molecular flexibility index (Phi) is 3.11. The molecule has 0 aliphatic carbocycles. The molecule has 0 unspecified atom stereocenters. The molecule has 18 heavy (non-hydrogen) atoms. The van der Waals surface area contributed by atoms with Gasteiger partial charge < -0.3 is 0 Å². The molecule has 96 valence electrons. The van der Waals surface area contributed by atoms with E-state index in [0.717, 1.165) is 17.8 Å². The SMILES string of the molecule is CC(C)c1cnn(-c2ccc(C(F)(F)F)cn2)c1. The number of hydrogen-bond acceptors (Lipinski definition) is 2. The van der Waals surface area contributed by atoms with Gasteiger partial charge in [-0.1, -0.05) is 13.8 Å². The van der Waals surface area contributed by atoms with Gasteiger partial charge in [-0.2, -0.15) is 18.3 Å². The lowest BCUT2D eigenvalue weighted by atomic mass is 10.1. The molecule has 3 nitrogen and oxygen atoms in total. The van der Waals surface area contributed by atoms with Crippen LogP contribution in [0.2, 0.25) is 0 Å². The monoisotopic (exact) mass is 255 g/mol. The smallest absolute Gasteiger partial charge is 0.237 e. The zero-order valence-electron chi connectivity index (χ0n) is 9.94. The van der Waals surface area contributed by atoms with Crippen LogP contribution in [-0.4, -0.2) is 14.8 Å². The Bertz CT molecular complexity index is 526. The number of pyridine rings is 1. The summed E-state index contributed by atoms with van der Waals surface area (Å²) in [6.45, 7) is 4.03. The molecule has 0 N–H and O–H groups in total. The fraction of sp³-hybridized carbons (Fsp3) is 0.333. The molecule has 0 atom stereocenters. The van der Waals surface area contributed by atoms with Gasteiger partial charge in [0.05, 0.1) is 11.8 Å². The summed E-state index contributed by atoms with van der Waals surface area (Å²) in [5, 5.41) is 4.07. The summed E-state index contributed by atoms with van der Waals surface area (Å²) in [6.07, 6.45) is -0.102. The molecular weight excluding hydrogens is 243 g/mol. The summed E-state index contributed by atoms with van der Waals surface area (Å²) in [6, 6.07) is 2.30. The third kappa shape index (κ3) is 2.52. The van der Waals surface area contributed by atoms with Gasteiger partial charge in [-0.25, -0.2) is 9.67 Å². The van der Waals surface area contributed by atoms with Crippen LogP contribution in [0.25, 0.3) is 5.82 Å². The summed E-state index contributed by atoms with van der Waals surface area (Å²) in [7, 11) is 0. The molecule has 0 aliphatic rings. The molecule has 0 saturated heterocycles. The summed E-state index contributed by atoms with van der Waals surface area (Å²) in [5.74, 6) is 0.683. The van der Waals surface area contributed by atoms with Crippen LogP contribution in [0.3, 0.4) is 0 Å². The van der Waals surface area contributed by atoms with Crippen LogP contribution in [0.5, 0.6) is 0 Å². The molecule has 0 aromatic carbocycles. The molecular formula is C12H12F3N3. The topological polar surface area (TPSA) is 30.7 Å². The molecule has 0 aliphatic heterocycles. The van der Waals surface area contributed by atoms with Crippen LogP contribution in [0.15, 0.2) is 30.7 Å². The Hall–Kier alpha value is -1.85. The van der Waals surface area contributed by atoms with Crippen LogP contribution in [0.4, 0.5) is 13.2 Å². The van der Waals surface area contributed by atoms with Gasteiger partial charge in [0.2, 0.25) is 0 Å². The average Bonchev–Trinajstić information content (AvgIpc) is 2.77. The van der Waals surface area contributed by atoms with Crippen molar-refractivity contribution in [3.8, 4) is 5.82 Å². The van der Waals surface area contributed by atoms with Crippen molar-refractivity contribution in [2.75, 3.05) is 0 Å². The van der Waals surface area contributed by atoms with Gasteiger partial charge in [-0.05, 0) is 23.6 Å². The van der Waals surface area contributed by atoms with Crippen molar-refractivity contribution in [3.05, 3.63) is 41.9 Å². The van der Waals surface area contributed by atoms with Crippen molar-refractivity contribution >= 4 is 0 Å². The first-order chi connectivity index (χ1) is 8.38. The number of alkyl halides is 3. The van der Waals surface area contributed by atoms with E-state index in [9.17, 15) is 13.2 Å². The third-order valence-electron chi connectivity index (χ3n) is 2.58. The molecule has 2 rings (SSSR count). The Morgan fingerprint density at radius 2 is 1.89 bits per heavy atom. The van der Waals surface area contributed by atoms with Crippen molar-refractivity contribution in [1.29, 1.82) is 0 Å². The molecule has 2 heterocycles. The van der Waals surface area contributed by atoms with Crippen LogP contribution < -0.4 is 0 Å². The second-order valence-corrected chi connectivity index (χ2v) is 4.28. The minimum Gasteiger partial charge on any atom is -0.237 e. The van der Waals surface area contributed by atoms with E-state index in [2.05, 4.69) is 10.1 Å². The van der Waals surface area contributed by atoms with Crippen LogP contribution in [0.1, 0.15) is 30.9 Å². The molecule has 0 spiro atoms. The van der Waals surface area contributed by atoms with Gasteiger partial charge in [-0.3, -0.25) is 0 Å². The van der Waals surface area contributed by atoms with E-state index in [1.54, 1.807) is 12.4 Å². The lowest BCUT2D eigenvalue weighted by molar-refractivity contribution is -0.137. The van der Waals surface area contributed by atoms with E-state index in [0.29, 0.717) is 11.7 Å². The standard InChI is InChI=1S/C12H12F3N3/c1-8(2)9-5-17-18(7-9)11-4-3-10(6-16-11)12(13,14)15/h3-8H,1-2H3. The van der Waals surface area contributed by atoms with Gasteiger partial charge in [-0.15, -0.1) is 0 Å². The number of hydrogen-bond donors (Lipinski definition) is 0. The van der Waals surface area contributed by atoms with E-state index >= 15 is 0 Å². The maximum Gasteiger partial charge on any atom is 0.417 e. The number of aromatic nitrogens is 3. The molecule has 0 radical (unpaired) electrons. The maximum atomic E-state index is 12.4.